The minimum absolute atomic E-state index is 0.0347. The van der Waals surface area contributed by atoms with Crippen LogP contribution in [0.4, 0.5) is 5.82 Å². The fraction of sp³-hybridized carbons (Fsp3) is 0.609. The van der Waals surface area contributed by atoms with Crippen molar-refractivity contribution in [1.82, 2.24) is 14.9 Å². The van der Waals surface area contributed by atoms with Gasteiger partial charge in [-0.3, -0.25) is 9.59 Å². The van der Waals surface area contributed by atoms with Crippen LogP contribution >= 0.6 is 0 Å². The van der Waals surface area contributed by atoms with Crippen molar-refractivity contribution in [1.29, 1.82) is 0 Å². The van der Waals surface area contributed by atoms with E-state index in [1.807, 2.05) is 31.2 Å². The number of benzene rings is 1. The Bertz CT molecular complexity index is 907. The number of hydrogen-bond donors (Lipinski definition) is 1. The first-order valence-electron chi connectivity index (χ1n) is 11.2. The van der Waals surface area contributed by atoms with Crippen LogP contribution in [0.2, 0.25) is 0 Å². The van der Waals surface area contributed by atoms with Gasteiger partial charge in [0.25, 0.3) is 5.56 Å². The summed E-state index contributed by atoms with van der Waals surface area (Å²) < 4.78 is 1.79. The smallest absolute Gasteiger partial charge is 0.293 e. The molecule has 1 N–H and O–H groups in total. The van der Waals surface area contributed by atoms with Gasteiger partial charge in [-0.1, -0.05) is 37.8 Å². The summed E-state index contributed by atoms with van der Waals surface area (Å²) in [4.78, 5) is 32.5. The van der Waals surface area contributed by atoms with Gasteiger partial charge in [0.15, 0.2) is 5.82 Å². The Morgan fingerprint density at radius 2 is 1.76 bits per heavy atom. The molecule has 0 bridgehead atoms. The van der Waals surface area contributed by atoms with Crippen molar-refractivity contribution < 1.29 is 4.79 Å². The molecule has 2 aromatic rings. The Kier molecular flexibility index (Phi) is 6.16. The molecule has 0 spiro atoms. The average molecular weight is 397 g/mol. The summed E-state index contributed by atoms with van der Waals surface area (Å²) in [5.74, 6) is 0.769. The van der Waals surface area contributed by atoms with E-state index in [9.17, 15) is 9.59 Å². The van der Waals surface area contributed by atoms with Gasteiger partial charge in [0.1, 0.15) is 0 Å². The molecule has 2 heterocycles. The third kappa shape index (κ3) is 4.31. The normalized spacial score (nSPS) is 19.3. The summed E-state index contributed by atoms with van der Waals surface area (Å²) in [7, 11) is 0. The number of anilines is 1. The number of carbonyl (C=O) groups excluding carboxylic acids is 1. The number of carbonyl (C=O) groups is 1. The van der Waals surface area contributed by atoms with Crippen LogP contribution in [0.25, 0.3) is 11.0 Å². The SMILES string of the molecule is CCn1c(=O)c(N2CCC(C(=O)NC3CCCCCC3)CC2)nc2ccccc21. The molecule has 6 nitrogen and oxygen atoms in total. The van der Waals surface area contributed by atoms with Crippen molar-refractivity contribution >= 4 is 22.8 Å². The lowest BCUT2D eigenvalue weighted by Crippen LogP contribution is -2.45. The molecule has 1 amide bonds. The van der Waals surface area contributed by atoms with E-state index in [4.69, 9.17) is 0 Å². The summed E-state index contributed by atoms with van der Waals surface area (Å²) >= 11 is 0. The molecule has 156 valence electrons. The van der Waals surface area contributed by atoms with Crippen molar-refractivity contribution in [3.8, 4) is 0 Å². The molecule has 0 unspecified atom stereocenters. The lowest BCUT2D eigenvalue weighted by molar-refractivity contribution is -0.126. The minimum atomic E-state index is -0.0347. The first kappa shape index (κ1) is 19.9. The number of aromatic nitrogens is 2. The number of piperidine rings is 1. The fourth-order valence-corrected chi connectivity index (χ4v) is 4.80. The molecule has 1 aromatic carbocycles. The second kappa shape index (κ2) is 8.97. The molecule has 6 heteroatoms. The molecule has 2 aliphatic rings. The zero-order chi connectivity index (χ0) is 20.2. The predicted octanol–water partition coefficient (Wildman–Crippen LogP) is 3.47. The molecule has 0 radical (unpaired) electrons. The largest absolute Gasteiger partial charge is 0.353 e. The van der Waals surface area contributed by atoms with Gasteiger partial charge in [-0.15, -0.1) is 0 Å². The highest BCUT2D eigenvalue weighted by atomic mass is 16.2. The molecule has 0 atom stereocenters. The Morgan fingerprint density at radius 3 is 2.45 bits per heavy atom. The topological polar surface area (TPSA) is 67.2 Å². The standard InChI is InChI=1S/C23H32N4O2/c1-2-27-20-12-8-7-11-19(20)25-21(23(27)29)26-15-13-17(14-16-26)22(28)24-18-9-5-3-4-6-10-18/h7-8,11-12,17-18H,2-6,9-10,13-16H2,1H3,(H,24,28). The summed E-state index contributed by atoms with van der Waals surface area (Å²) in [5, 5.41) is 3.30. The van der Waals surface area contributed by atoms with Crippen LogP contribution in [0.5, 0.6) is 0 Å². The highest BCUT2D eigenvalue weighted by Gasteiger charge is 2.28. The summed E-state index contributed by atoms with van der Waals surface area (Å²) in [5.41, 5.74) is 1.69. The number of hydrogen-bond acceptors (Lipinski definition) is 4. The van der Waals surface area contributed by atoms with Gasteiger partial charge >= 0.3 is 0 Å². The molecular weight excluding hydrogens is 364 g/mol. The molecule has 1 saturated carbocycles. The molecule has 2 fully saturated rings. The summed E-state index contributed by atoms with van der Waals surface area (Å²) in [6.45, 7) is 4.01. The van der Waals surface area contributed by atoms with Gasteiger partial charge in [-0.25, -0.2) is 4.98 Å². The van der Waals surface area contributed by atoms with Crippen LogP contribution in [0, 0.1) is 5.92 Å². The number of rotatable bonds is 4. The van der Waals surface area contributed by atoms with E-state index in [-0.39, 0.29) is 17.4 Å². The second-order valence-electron chi connectivity index (χ2n) is 8.43. The predicted molar refractivity (Wildman–Crippen MR) is 116 cm³/mol. The molecule has 1 aliphatic heterocycles. The van der Waals surface area contributed by atoms with Crippen LogP contribution in [0.3, 0.4) is 0 Å². The van der Waals surface area contributed by atoms with Gasteiger partial charge in [0.05, 0.1) is 11.0 Å². The fourth-order valence-electron chi connectivity index (χ4n) is 4.80. The number of nitrogens with one attached hydrogen (secondary N) is 1. The van der Waals surface area contributed by atoms with Crippen molar-refractivity contribution in [2.24, 2.45) is 5.92 Å². The van der Waals surface area contributed by atoms with E-state index < -0.39 is 0 Å². The molecule has 29 heavy (non-hydrogen) atoms. The van der Waals surface area contributed by atoms with Crippen molar-refractivity contribution in [2.45, 2.75) is 70.9 Å². The lowest BCUT2D eigenvalue weighted by Gasteiger charge is -2.32. The Morgan fingerprint density at radius 1 is 1.07 bits per heavy atom. The van der Waals surface area contributed by atoms with Crippen LogP contribution in [-0.2, 0) is 11.3 Å². The maximum Gasteiger partial charge on any atom is 0.293 e. The van der Waals surface area contributed by atoms with Gasteiger partial charge in [0, 0.05) is 31.6 Å². The molecule has 4 rings (SSSR count). The molecular formula is C23H32N4O2. The number of fused-ring (bicyclic) bond motifs is 1. The Balaban J connectivity index is 1.44. The van der Waals surface area contributed by atoms with Crippen molar-refractivity contribution in [3.63, 3.8) is 0 Å². The number of amides is 1. The van der Waals surface area contributed by atoms with Crippen LogP contribution in [-0.4, -0.2) is 34.6 Å². The zero-order valence-electron chi connectivity index (χ0n) is 17.4. The van der Waals surface area contributed by atoms with Gasteiger partial charge in [0.2, 0.25) is 5.91 Å². The van der Waals surface area contributed by atoms with Gasteiger partial charge in [-0.2, -0.15) is 0 Å². The highest BCUT2D eigenvalue weighted by Crippen LogP contribution is 2.23. The summed E-state index contributed by atoms with van der Waals surface area (Å²) in [6.07, 6.45) is 8.81. The third-order valence-corrected chi connectivity index (χ3v) is 6.52. The van der Waals surface area contributed by atoms with Gasteiger partial charge < -0.3 is 14.8 Å². The second-order valence-corrected chi connectivity index (χ2v) is 8.43. The first-order chi connectivity index (χ1) is 14.2. The average Bonchev–Trinajstić information content (AvgIpc) is 3.02. The van der Waals surface area contributed by atoms with Crippen molar-refractivity contribution in [2.75, 3.05) is 18.0 Å². The minimum Gasteiger partial charge on any atom is -0.353 e. The third-order valence-electron chi connectivity index (χ3n) is 6.52. The summed E-state index contributed by atoms with van der Waals surface area (Å²) in [6, 6.07) is 8.14. The number of nitrogens with zero attached hydrogens (tertiary/aromatic N) is 3. The van der Waals surface area contributed by atoms with E-state index in [2.05, 4.69) is 15.2 Å². The molecule has 1 aliphatic carbocycles. The number of aryl methyl sites for hydroxylation is 1. The van der Waals surface area contributed by atoms with Crippen LogP contribution < -0.4 is 15.8 Å². The lowest BCUT2D eigenvalue weighted by atomic mass is 9.95. The van der Waals surface area contributed by atoms with E-state index in [0.717, 1.165) is 36.7 Å². The number of para-hydroxylation sites is 2. The molecule has 1 saturated heterocycles. The quantitative estimate of drug-likeness (QED) is 0.804. The van der Waals surface area contributed by atoms with E-state index >= 15 is 0 Å². The Labute approximate surface area is 172 Å². The van der Waals surface area contributed by atoms with E-state index in [1.165, 1.54) is 25.7 Å². The maximum atomic E-state index is 13.0. The van der Waals surface area contributed by atoms with Crippen LogP contribution in [0.1, 0.15) is 58.3 Å². The zero-order valence-corrected chi connectivity index (χ0v) is 17.4. The molecule has 1 aromatic heterocycles. The first-order valence-corrected chi connectivity index (χ1v) is 11.2. The maximum absolute atomic E-state index is 13.0. The Hall–Kier alpha value is -2.37. The van der Waals surface area contributed by atoms with Crippen molar-refractivity contribution in [3.05, 3.63) is 34.6 Å². The monoisotopic (exact) mass is 396 g/mol. The van der Waals surface area contributed by atoms with E-state index in [1.54, 1.807) is 4.57 Å². The van der Waals surface area contributed by atoms with Crippen LogP contribution in [0.15, 0.2) is 29.1 Å². The van der Waals surface area contributed by atoms with Gasteiger partial charge in [-0.05, 0) is 44.7 Å². The van der Waals surface area contributed by atoms with E-state index in [0.29, 0.717) is 31.5 Å². The highest BCUT2D eigenvalue weighted by molar-refractivity contribution is 5.79.